The molecule has 4 aromatic rings. The second-order valence-electron chi connectivity index (χ2n) is 22.6. The molecule has 0 spiro atoms. The number of nitrogens with zero attached hydrogens (tertiary/aromatic N) is 8. The molecule has 2 amide bonds. The highest BCUT2D eigenvalue weighted by molar-refractivity contribution is 6.28. The van der Waals surface area contributed by atoms with Crippen molar-refractivity contribution in [1.29, 1.82) is 0 Å². The van der Waals surface area contributed by atoms with Gasteiger partial charge < -0.3 is 50.4 Å². The van der Waals surface area contributed by atoms with Gasteiger partial charge in [0.1, 0.15) is 11.5 Å². The molecule has 18 nitrogen and oxygen atoms in total. The Morgan fingerprint density at radius 1 is 0.707 bits per heavy atom. The van der Waals surface area contributed by atoms with Crippen molar-refractivity contribution >= 4 is 63.7 Å². The minimum Gasteiger partial charge on any atom is -0.476 e. The smallest absolute Gasteiger partial charge is 0.270 e. The third-order valence-electron chi connectivity index (χ3n) is 15.1. The minimum absolute atomic E-state index is 0.0631. The molecule has 6 aliphatic heterocycles. The molecule has 75 heavy (non-hydrogen) atoms. The van der Waals surface area contributed by atoms with Crippen LogP contribution in [0.2, 0.25) is 5.28 Å². The summed E-state index contributed by atoms with van der Waals surface area (Å²) in [5.74, 6) is 0.817. The lowest BCUT2D eigenvalue weighted by atomic mass is 9.84. The molecule has 0 unspecified atom stereocenters. The van der Waals surface area contributed by atoms with E-state index in [1.165, 1.54) is 38.4 Å². The number of nitrogens with two attached hydrogens (primary N) is 1. The Morgan fingerprint density at radius 2 is 1.19 bits per heavy atom. The van der Waals surface area contributed by atoms with Gasteiger partial charge >= 0.3 is 0 Å². The first-order valence-corrected chi connectivity index (χ1v) is 26.4. The number of aromatic nitrogens is 4. The van der Waals surface area contributed by atoms with Crippen molar-refractivity contribution in [3.05, 3.63) is 65.7 Å². The van der Waals surface area contributed by atoms with Gasteiger partial charge in [0, 0.05) is 73.9 Å². The van der Waals surface area contributed by atoms with Crippen LogP contribution < -0.4 is 41.0 Å². The maximum absolute atomic E-state index is 14.7. The van der Waals surface area contributed by atoms with Crippen molar-refractivity contribution in [3.63, 3.8) is 0 Å². The normalized spacial score (nSPS) is 23.9. The monoisotopic (exact) mass is 1060 g/mol. The molecule has 0 aliphatic carbocycles. The quantitative estimate of drug-likeness (QED) is 0.0775. The number of nitrogens with one attached hydrogen (secondary N) is 3. The van der Waals surface area contributed by atoms with Gasteiger partial charge in [-0.05, 0) is 168 Å². The first-order valence-electron chi connectivity index (χ1n) is 26.1. The maximum Gasteiger partial charge on any atom is 0.270 e. The Labute approximate surface area is 444 Å². The van der Waals surface area contributed by atoms with Gasteiger partial charge in [0.05, 0.1) is 37.0 Å². The van der Waals surface area contributed by atoms with E-state index < -0.39 is 22.8 Å². The third-order valence-corrected chi connectivity index (χ3v) is 15.3. The van der Waals surface area contributed by atoms with Gasteiger partial charge in [-0.3, -0.25) is 19.4 Å². The molecule has 10 rings (SSSR count). The van der Waals surface area contributed by atoms with E-state index in [2.05, 4.69) is 73.4 Å². The van der Waals surface area contributed by atoms with Crippen LogP contribution in [-0.4, -0.2) is 142 Å². The molecule has 4 saturated heterocycles. The second-order valence-corrected chi connectivity index (χ2v) is 22.9. The highest BCUT2D eigenvalue weighted by Gasteiger charge is 2.46. The van der Waals surface area contributed by atoms with E-state index >= 15 is 0 Å². The van der Waals surface area contributed by atoms with Gasteiger partial charge in [0.15, 0.2) is 34.5 Å². The Hall–Kier alpha value is -5.67. The summed E-state index contributed by atoms with van der Waals surface area (Å²) in [6.07, 6.45) is 11.1. The van der Waals surface area contributed by atoms with Crippen LogP contribution in [0.5, 0.6) is 11.5 Å². The fourth-order valence-corrected chi connectivity index (χ4v) is 11.9. The molecule has 0 saturated carbocycles. The van der Waals surface area contributed by atoms with E-state index in [9.17, 15) is 18.4 Å². The molecular formula is C54H75ClF2N12O6. The van der Waals surface area contributed by atoms with Crippen LogP contribution in [0.25, 0.3) is 0 Å². The van der Waals surface area contributed by atoms with Crippen LogP contribution in [0, 0.1) is 11.6 Å². The summed E-state index contributed by atoms with van der Waals surface area (Å²) in [7, 11) is 3.21. The summed E-state index contributed by atoms with van der Waals surface area (Å²) in [5.41, 5.74) is 6.74. The highest BCUT2D eigenvalue weighted by atomic mass is 35.5. The molecule has 2 aromatic heterocycles. The van der Waals surface area contributed by atoms with Gasteiger partial charge in [-0.15, -0.1) is 0 Å². The number of rotatable bonds is 12. The number of amides is 2. The molecular weight excluding hydrogens is 986 g/mol. The molecule has 0 radical (unpaired) electrons. The number of carbonyl (C=O) groups excluding carboxylic acids is 2. The van der Waals surface area contributed by atoms with Crippen molar-refractivity contribution in [3.8, 4) is 11.5 Å². The Bertz CT molecular complexity index is 2700. The maximum atomic E-state index is 14.7. The highest BCUT2D eigenvalue weighted by Crippen LogP contribution is 2.43. The van der Waals surface area contributed by atoms with Crippen LogP contribution in [0.4, 0.5) is 49.1 Å². The number of ether oxygens (including phenoxy) is 4. The largest absolute Gasteiger partial charge is 0.476 e. The number of hydrogen-bond donors (Lipinski definition) is 4. The van der Waals surface area contributed by atoms with Gasteiger partial charge in [-0.25, -0.2) is 18.7 Å². The molecule has 2 aromatic carbocycles. The average molecular weight is 1060 g/mol. The molecule has 408 valence electrons. The lowest BCUT2D eigenvalue weighted by Crippen LogP contribution is -2.55. The lowest BCUT2D eigenvalue weighted by molar-refractivity contribution is -0.133. The number of benzene rings is 2. The van der Waals surface area contributed by atoms with Gasteiger partial charge in [-0.1, -0.05) is 0 Å². The van der Waals surface area contributed by atoms with Gasteiger partial charge in [0.25, 0.3) is 11.8 Å². The molecule has 8 heterocycles. The standard InChI is InChI=1S/C27H37FN6O3.C14H20ClFN4.C13H18N2O3/c1-26(2)15-18(13-19-7-6-10-34(19)26)30-23-20(28)16-29-25(32-23)31-17-8-9-22-21(14-17)33(11-12-36-5)24(35)27(3,4)37-22;1-14(2)7-9(6-10-4-3-5-20(10)14)18-12-11(16)8-17-13(15)19-12;1-13(2)12(16)15(6-7-17-3)10-8-9(14)4-5-11(10)18-13/h8-9,14,16,18-19H,6-7,10-13,15H2,1-5H3,(H2,29,30,31,32);8-10H,3-7H2,1-2H3,(H,17,18,19);4-5,8H,6-7,14H2,1-3H3/t18-,19+;9-,10+;/m11./s1. The van der Waals surface area contributed by atoms with Crippen LogP contribution in [-0.2, 0) is 19.1 Å². The van der Waals surface area contributed by atoms with E-state index in [1.54, 1.807) is 69.9 Å². The van der Waals surface area contributed by atoms with E-state index in [0.717, 1.165) is 38.4 Å². The minimum atomic E-state index is -0.973. The number of piperidine rings is 2. The number of methoxy groups -OCH3 is 2. The lowest BCUT2D eigenvalue weighted by Gasteiger charge is -2.47. The topological polar surface area (TPSA) is 198 Å². The predicted molar refractivity (Wildman–Crippen MR) is 288 cm³/mol. The zero-order valence-electron chi connectivity index (χ0n) is 45.1. The van der Waals surface area contributed by atoms with Crippen LogP contribution in [0.1, 0.15) is 107 Å². The number of anilines is 7. The number of carbonyl (C=O) groups is 2. The van der Waals surface area contributed by atoms with Crippen molar-refractivity contribution in [2.75, 3.05) is 85.1 Å². The SMILES string of the molecule is CC1(C)C[C@H](Nc2nc(Cl)ncc2F)C[C@@H]2CCCN21.COCCN1C(=O)C(C)(C)Oc2ccc(N)cc21.COCCN1C(=O)C(C)(C)Oc2ccc(Nc3ncc(F)c(N[C@@H]4C[C@@H]5CCCN5C(C)(C)C4)n3)cc21. The molecule has 0 bridgehead atoms. The molecule has 21 heteroatoms. The van der Waals surface area contributed by atoms with E-state index in [0.29, 0.717) is 72.6 Å². The first kappa shape index (κ1) is 55.6. The summed E-state index contributed by atoms with van der Waals surface area (Å²) in [4.78, 5) is 50.1. The summed E-state index contributed by atoms with van der Waals surface area (Å²) in [5, 5.41) is 9.82. The average Bonchev–Trinajstić information content (AvgIpc) is 4.04. The van der Waals surface area contributed by atoms with Crippen molar-refractivity contribution in [2.24, 2.45) is 0 Å². The Kier molecular flexibility index (Phi) is 16.7. The fourth-order valence-electron chi connectivity index (χ4n) is 11.8. The molecule has 5 N–H and O–H groups in total. The van der Waals surface area contributed by atoms with Gasteiger partial charge in [-0.2, -0.15) is 9.97 Å². The molecule has 4 atom stereocenters. The van der Waals surface area contributed by atoms with Crippen LogP contribution >= 0.6 is 11.6 Å². The third kappa shape index (κ3) is 12.6. The van der Waals surface area contributed by atoms with E-state index in [4.69, 9.17) is 36.3 Å². The van der Waals surface area contributed by atoms with Gasteiger partial charge in [0.2, 0.25) is 11.2 Å². The predicted octanol–water partition coefficient (Wildman–Crippen LogP) is 8.83. The van der Waals surface area contributed by atoms with E-state index in [1.807, 2.05) is 18.2 Å². The number of fused-ring (bicyclic) bond motifs is 4. The van der Waals surface area contributed by atoms with Crippen LogP contribution in [0.3, 0.4) is 0 Å². The van der Waals surface area contributed by atoms with E-state index in [-0.39, 0.29) is 57.8 Å². The summed E-state index contributed by atoms with van der Waals surface area (Å²) >= 11 is 5.74. The number of hydrogen-bond acceptors (Lipinski definition) is 16. The Balaban J connectivity index is 0.000000165. The fraction of sp³-hybridized carbons (Fsp3) is 0.593. The zero-order chi connectivity index (χ0) is 54.0. The number of nitrogen functional groups attached to an aromatic ring is 1. The zero-order valence-corrected chi connectivity index (χ0v) is 45.8. The molecule has 6 aliphatic rings. The first-order chi connectivity index (χ1) is 35.5. The molecule has 4 fully saturated rings. The van der Waals surface area contributed by atoms with Crippen molar-refractivity contribution < 1.29 is 37.3 Å². The van der Waals surface area contributed by atoms with Crippen LogP contribution in [0.15, 0.2) is 48.8 Å². The van der Waals surface area contributed by atoms with Crippen molar-refractivity contribution in [2.45, 2.75) is 153 Å². The van der Waals surface area contributed by atoms with Crippen molar-refractivity contribution in [1.82, 2.24) is 29.7 Å². The summed E-state index contributed by atoms with van der Waals surface area (Å²) < 4.78 is 50.4. The number of halogens is 3. The summed E-state index contributed by atoms with van der Waals surface area (Å²) in [6, 6.07) is 12.2. The Morgan fingerprint density at radius 3 is 1.71 bits per heavy atom. The second kappa shape index (κ2) is 22.5. The summed E-state index contributed by atoms with van der Waals surface area (Å²) in [6.45, 7) is 20.2.